The van der Waals surface area contributed by atoms with E-state index in [2.05, 4.69) is 15.4 Å². The Labute approximate surface area is 200 Å². The van der Waals surface area contributed by atoms with Crippen LogP contribution < -0.4 is 20.1 Å². The van der Waals surface area contributed by atoms with E-state index >= 15 is 0 Å². The van der Waals surface area contributed by atoms with Crippen LogP contribution in [0.15, 0.2) is 77.7 Å². The fraction of sp³-hybridized carbons (Fsp3) is 0.208. The SMILES string of the molecule is O=C(Nc1cccc(C(F)(F)F)c1)Nc1cc(S(=O)(=O)NC2CC2)ccc1OCc1ccccc1. The number of alkyl halides is 3. The van der Waals surface area contributed by atoms with Crippen molar-refractivity contribution in [1.82, 2.24) is 4.72 Å². The number of carbonyl (C=O) groups excluding carboxylic acids is 1. The summed E-state index contributed by atoms with van der Waals surface area (Å²) in [6.07, 6.45) is -3.06. The fourth-order valence-corrected chi connectivity index (χ4v) is 4.51. The second-order valence-corrected chi connectivity index (χ2v) is 9.70. The highest BCUT2D eigenvalue weighted by molar-refractivity contribution is 7.89. The van der Waals surface area contributed by atoms with E-state index in [9.17, 15) is 26.4 Å². The van der Waals surface area contributed by atoms with Gasteiger partial charge in [0.1, 0.15) is 12.4 Å². The zero-order valence-electron chi connectivity index (χ0n) is 18.3. The zero-order valence-corrected chi connectivity index (χ0v) is 19.1. The highest BCUT2D eigenvalue weighted by Gasteiger charge is 2.31. The van der Waals surface area contributed by atoms with E-state index in [0.29, 0.717) is 0 Å². The number of hydrogen-bond acceptors (Lipinski definition) is 4. The summed E-state index contributed by atoms with van der Waals surface area (Å²) in [5.74, 6) is 0.193. The first-order chi connectivity index (χ1) is 16.6. The molecule has 0 unspecified atom stereocenters. The third kappa shape index (κ3) is 6.74. The molecule has 0 radical (unpaired) electrons. The molecule has 0 aromatic heterocycles. The number of urea groups is 1. The molecule has 3 N–H and O–H groups in total. The molecule has 4 rings (SSSR count). The van der Waals surface area contributed by atoms with E-state index in [1.54, 1.807) is 0 Å². The van der Waals surface area contributed by atoms with Crippen LogP contribution in [0.1, 0.15) is 24.0 Å². The zero-order chi connectivity index (χ0) is 25.1. The van der Waals surface area contributed by atoms with Gasteiger partial charge in [0.2, 0.25) is 10.0 Å². The summed E-state index contributed by atoms with van der Waals surface area (Å²) in [6.45, 7) is 0.150. The van der Waals surface area contributed by atoms with Crippen molar-refractivity contribution >= 4 is 27.4 Å². The summed E-state index contributed by atoms with van der Waals surface area (Å²) < 4.78 is 72.6. The van der Waals surface area contributed by atoms with Gasteiger partial charge in [0.25, 0.3) is 0 Å². The number of anilines is 2. The fourth-order valence-electron chi connectivity index (χ4n) is 3.18. The first-order valence-electron chi connectivity index (χ1n) is 10.7. The average molecular weight is 506 g/mol. The van der Waals surface area contributed by atoms with E-state index in [1.165, 1.54) is 30.3 Å². The molecule has 2 amide bonds. The molecule has 0 spiro atoms. The van der Waals surface area contributed by atoms with E-state index < -0.39 is 27.8 Å². The molecule has 7 nitrogen and oxygen atoms in total. The Morgan fingerprint density at radius 3 is 2.37 bits per heavy atom. The Balaban J connectivity index is 1.56. The molecule has 0 aliphatic heterocycles. The lowest BCUT2D eigenvalue weighted by molar-refractivity contribution is -0.137. The normalized spacial score (nSPS) is 13.8. The van der Waals surface area contributed by atoms with E-state index in [4.69, 9.17) is 4.74 Å². The number of amides is 2. The highest BCUT2D eigenvalue weighted by atomic mass is 32.2. The smallest absolute Gasteiger partial charge is 0.416 e. The van der Waals surface area contributed by atoms with Crippen molar-refractivity contribution in [3.05, 3.63) is 83.9 Å². The van der Waals surface area contributed by atoms with Crippen molar-refractivity contribution in [1.29, 1.82) is 0 Å². The molecular formula is C24H22F3N3O4S. The van der Waals surface area contributed by atoms with Gasteiger partial charge in [-0.3, -0.25) is 0 Å². The van der Waals surface area contributed by atoms with Crippen LogP contribution in [0.2, 0.25) is 0 Å². The van der Waals surface area contributed by atoms with E-state index in [-0.39, 0.29) is 34.7 Å². The maximum Gasteiger partial charge on any atom is 0.416 e. The monoisotopic (exact) mass is 505 g/mol. The Kier molecular flexibility index (Phi) is 6.99. The quantitative estimate of drug-likeness (QED) is 0.384. The minimum absolute atomic E-state index is 0.0454. The molecule has 1 fully saturated rings. The third-order valence-corrected chi connectivity index (χ3v) is 6.61. The second kappa shape index (κ2) is 9.96. The summed E-state index contributed by atoms with van der Waals surface area (Å²) in [5, 5.41) is 4.82. The van der Waals surface area contributed by atoms with E-state index in [1.807, 2.05) is 30.3 Å². The highest BCUT2D eigenvalue weighted by Crippen LogP contribution is 2.32. The third-order valence-electron chi connectivity index (χ3n) is 5.09. The van der Waals surface area contributed by atoms with E-state index in [0.717, 1.165) is 30.5 Å². The molecule has 184 valence electrons. The van der Waals surface area contributed by atoms with Gasteiger partial charge < -0.3 is 15.4 Å². The van der Waals surface area contributed by atoms with Gasteiger partial charge in [-0.1, -0.05) is 36.4 Å². The van der Waals surface area contributed by atoms with Crippen LogP contribution in [0.4, 0.5) is 29.3 Å². The molecule has 1 aliphatic rings. The largest absolute Gasteiger partial charge is 0.487 e. The van der Waals surface area contributed by atoms with Crippen molar-refractivity contribution < 1.29 is 31.1 Å². The predicted octanol–water partition coefficient (Wildman–Crippen LogP) is 5.37. The van der Waals surface area contributed by atoms with Gasteiger partial charge in [0, 0.05) is 11.7 Å². The number of benzene rings is 3. The lowest BCUT2D eigenvalue weighted by atomic mass is 10.2. The summed E-state index contributed by atoms with van der Waals surface area (Å²) in [4.78, 5) is 12.5. The van der Waals surface area contributed by atoms with Crippen LogP contribution in [0, 0.1) is 0 Å². The Morgan fingerprint density at radius 1 is 0.943 bits per heavy atom. The van der Waals surface area contributed by atoms with Crippen LogP contribution in [-0.2, 0) is 22.8 Å². The number of rotatable bonds is 8. The lowest BCUT2D eigenvalue weighted by Gasteiger charge is -2.16. The molecule has 1 aliphatic carbocycles. The molecule has 3 aromatic carbocycles. The van der Waals surface area contributed by atoms with Crippen LogP contribution in [-0.4, -0.2) is 20.5 Å². The number of ether oxygens (including phenoxy) is 1. The maximum absolute atomic E-state index is 13.0. The maximum atomic E-state index is 13.0. The van der Waals surface area contributed by atoms with Gasteiger partial charge in [-0.15, -0.1) is 0 Å². The number of nitrogens with one attached hydrogen (secondary N) is 3. The Hall–Kier alpha value is -3.57. The van der Waals surface area contributed by atoms with Crippen molar-refractivity contribution in [2.24, 2.45) is 0 Å². The molecule has 0 bridgehead atoms. The summed E-state index contributed by atoms with van der Waals surface area (Å²) in [5.41, 5.74) is -0.104. The summed E-state index contributed by atoms with van der Waals surface area (Å²) in [7, 11) is -3.82. The second-order valence-electron chi connectivity index (χ2n) is 7.99. The van der Waals surface area contributed by atoms with Crippen molar-refractivity contribution in [3.8, 4) is 5.75 Å². The van der Waals surface area contributed by atoms with Crippen molar-refractivity contribution in [2.75, 3.05) is 10.6 Å². The first kappa shape index (κ1) is 24.6. The molecule has 1 saturated carbocycles. The van der Waals surface area contributed by atoms with Gasteiger partial charge >= 0.3 is 12.2 Å². The molecule has 11 heteroatoms. The lowest BCUT2D eigenvalue weighted by Crippen LogP contribution is -2.26. The predicted molar refractivity (Wildman–Crippen MR) is 125 cm³/mol. The molecule has 3 aromatic rings. The average Bonchev–Trinajstić information content (AvgIpc) is 3.62. The standard InChI is InChI=1S/C24H22F3N3O4S/c25-24(26,27)17-7-4-8-19(13-17)28-23(31)29-21-14-20(35(32,33)30-18-9-10-18)11-12-22(21)34-15-16-5-2-1-3-6-16/h1-8,11-14,18,30H,9-10,15H2,(H2,28,29,31). The topological polar surface area (TPSA) is 96.5 Å². The minimum atomic E-state index is -4.57. The molecule has 35 heavy (non-hydrogen) atoms. The van der Waals surface area contributed by atoms with Crippen LogP contribution >= 0.6 is 0 Å². The van der Waals surface area contributed by atoms with Gasteiger partial charge in [-0.25, -0.2) is 17.9 Å². The molecule has 0 heterocycles. The Bertz CT molecular complexity index is 1310. The van der Waals surface area contributed by atoms with Gasteiger partial charge in [0.05, 0.1) is 16.1 Å². The van der Waals surface area contributed by atoms with Crippen LogP contribution in [0.25, 0.3) is 0 Å². The summed E-state index contributed by atoms with van der Waals surface area (Å²) >= 11 is 0. The summed E-state index contributed by atoms with van der Waals surface area (Å²) in [6, 6.07) is 16.4. The van der Waals surface area contributed by atoms with Gasteiger partial charge in [-0.05, 0) is 54.8 Å². The van der Waals surface area contributed by atoms with Gasteiger partial charge in [0.15, 0.2) is 0 Å². The van der Waals surface area contributed by atoms with Crippen LogP contribution in [0.3, 0.4) is 0 Å². The molecule has 0 saturated heterocycles. The van der Waals surface area contributed by atoms with Crippen molar-refractivity contribution in [3.63, 3.8) is 0 Å². The number of carbonyl (C=O) groups is 1. The minimum Gasteiger partial charge on any atom is -0.487 e. The number of halogens is 3. The Morgan fingerprint density at radius 2 is 1.69 bits per heavy atom. The molecular weight excluding hydrogens is 483 g/mol. The number of sulfonamides is 1. The van der Waals surface area contributed by atoms with Gasteiger partial charge in [-0.2, -0.15) is 13.2 Å². The van der Waals surface area contributed by atoms with Crippen molar-refractivity contribution in [2.45, 2.75) is 36.6 Å². The first-order valence-corrected chi connectivity index (χ1v) is 12.2. The molecule has 0 atom stereocenters. The van der Waals surface area contributed by atoms with Crippen LogP contribution in [0.5, 0.6) is 5.75 Å². The number of hydrogen-bond donors (Lipinski definition) is 3.